The summed E-state index contributed by atoms with van der Waals surface area (Å²) in [7, 11) is 0. The number of halogens is 4. The van der Waals surface area contributed by atoms with Crippen LogP contribution in [0.4, 0.5) is 18.9 Å². The summed E-state index contributed by atoms with van der Waals surface area (Å²) in [5, 5.41) is -0.0694. The first-order valence-electron chi connectivity index (χ1n) is 3.48. The van der Waals surface area contributed by atoms with Crippen molar-refractivity contribution in [1.29, 1.82) is 0 Å². The maximum atomic E-state index is 12.3. The molecule has 76 valence electrons. The molecule has 2 nitrogen and oxygen atoms in total. The van der Waals surface area contributed by atoms with E-state index in [1.54, 1.807) is 0 Å². The number of nitrogens with two attached hydrogens (primary N) is 1. The van der Waals surface area contributed by atoms with Gasteiger partial charge in [0.05, 0.1) is 21.8 Å². The second kappa shape index (κ2) is 3.49. The van der Waals surface area contributed by atoms with Crippen molar-refractivity contribution in [3.05, 3.63) is 28.3 Å². The summed E-state index contributed by atoms with van der Waals surface area (Å²) in [6.45, 7) is 0. The van der Waals surface area contributed by atoms with Crippen molar-refractivity contribution in [2.45, 2.75) is 6.18 Å². The first-order chi connectivity index (χ1) is 6.38. The zero-order valence-corrected chi connectivity index (χ0v) is 7.49. The summed E-state index contributed by atoms with van der Waals surface area (Å²) >= 11 is 5.46. The molecular weight excluding hydrogens is 219 g/mol. The van der Waals surface area contributed by atoms with E-state index >= 15 is 0 Å². The Labute approximate surface area is 82.5 Å². The molecule has 0 saturated carbocycles. The Morgan fingerprint density at radius 3 is 2.36 bits per heavy atom. The van der Waals surface area contributed by atoms with Gasteiger partial charge in [-0.25, -0.2) is 0 Å². The largest absolute Gasteiger partial charge is 0.417 e. The summed E-state index contributed by atoms with van der Waals surface area (Å²) < 4.78 is 36.9. The van der Waals surface area contributed by atoms with Crippen LogP contribution >= 0.6 is 11.6 Å². The molecule has 0 aliphatic carbocycles. The summed E-state index contributed by atoms with van der Waals surface area (Å²) in [4.78, 5) is 10.4. The van der Waals surface area contributed by atoms with Crippen molar-refractivity contribution < 1.29 is 18.0 Å². The normalized spacial score (nSPS) is 11.4. The highest BCUT2D eigenvalue weighted by Crippen LogP contribution is 2.35. The smallest absolute Gasteiger partial charge is 0.397 e. The molecule has 1 aromatic rings. The SMILES string of the molecule is Nc1c(Cl)ccc(C(F)(F)F)c1C=O. The Kier molecular flexibility index (Phi) is 2.71. The Balaban J connectivity index is 3.47. The van der Waals surface area contributed by atoms with E-state index in [4.69, 9.17) is 17.3 Å². The zero-order chi connectivity index (χ0) is 10.9. The van der Waals surface area contributed by atoms with Gasteiger partial charge in [0, 0.05) is 0 Å². The molecule has 1 rings (SSSR count). The molecule has 0 aliphatic rings. The number of benzene rings is 1. The van der Waals surface area contributed by atoms with Gasteiger partial charge in [0.15, 0.2) is 6.29 Å². The summed E-state index contributed by atoms with van der Waals surface area (Å²) in [5.74, 6) is 0. The first-order valence-corrected chi connectivity index (χ1v) is 3.86. The number of carbonyl (C=O) groups excluding carboxylic acids is 1. The summed E-state index contributed by atoms with van der Waals surface area (Å²) in [6.07, 6.45) is -4.56. The molecule has 0 unspecified atom stereocenters. The second-order valence-corrected chi connectivity index (χ2v) is 2.95. The molecule has 0 atom stereocenters. The van der Waals surface area contributed by atoms with Crippen LogP contribution in [0, 0.1) is 0 Å². The number of hydrogen-bond donors (Lipinski definition) is 1. The van der Waals surface area contributed by atoms with Crippen LogP contribution in [-0.4, -0.2) is 6.29 Å². The van der Waals surface area contributed by atoms with E-state index in [-0.39, 0.29) is 17.0 Å². The lowest BCUT2D eigenvalue weighted by Crippen LogP contribution is -2.11. The van der Waals surface area contributed by atoms with Gasteiger partial charge in [-0.1, -0.05) is 11.6 Å². The molecule has 0 bridgehead atoms. The quantitative estimate of drug-likeness (QED) is 0.588. The fourth-order valence-electron chi connectivity index (χ4n) is 0.984. The summed E-state index contributed by atoms with van der Waals surface area (Å²) in [6, 6.07) is 1.73. The lowest BCUT2D eigenvalue weighted by molar-refractivity contribution is -0.137. The third-order valence-corrected chi connectivity index (χ3v) is 1.99. The van der Waals surface area contributed by atoms with E-state index in [0.29, 0.717) is 0 Å². The topological polar surface area (TPSA) is 43.1 Å². The van der Waals surface area contributed by atoms with E-state index in [2.05, 4.69) is 0 Å². The minimum Gasteiger partial charge on any atom is -0.397 e. The minimum atomic E-state index is -4.60. The molecule has 0 amide bonds. The van der Waals surface area contributed by atoms with Crippen molar-refractivity contribution in [2.24, 2.45) is 0 Å². The van der Waals surface area contributed by atoms with E-state index in [1.165, 1.54) is 0 Å². The Morgan fingerprint density at radius 1 is 1.36 bits per heavy atom. The highest BCUT2D eigenvalue weighted by atomic mass is 35.5. The highest BCUT2D eigenvalue weighted by molar-refractivity contribution is 6.33. The van der Waals surface area contributed by atoms with Gasteiger partial charge in [0.2, 0.25) is 0 Å². The zero-order valence-electron chi connectivity index (χ0n) is 6.73. The Bertz CT molecular complexity index is 376. The fraction of sp³-hybridized carbons (Fsp3) is 0.125. The van der Waals surface area contributed by atoms with Gasteiger partial charge in [0.1, 0.15) is 0 Å². The lowest BCUT2D eigenvalue weighted by atomic mass is 10.1. The Hall–Kier alpha value is -1.23. The monoisotopic (exact) mass is 223 g/mol. The molecule has 6 heteroatoms. The highest BCUT2D eigenvalue weighted by Gasteiger charge is 2.34. The average Bonchev–Trinajstić information content (AvgIpc) is 2.07. The third-order valence-electron chi connectivity index (χ3n) is 1.66. The molecule has 0 heterocycles. The standard InChI is InChI=1S/C8H5ClF3NO/c9-6-2-1-5(8(10,11)12)4(3-14)7(6)13/h1-3H,13H2. The number of carbonyl (C=O) groups is 1. The van der Waals surface area contributed by atoms with E-state index in [9.17, 15) is 18.0 Å². The lowest BCUT2D eigenvalue weighted by Gasteiger charge is -2.11. The molecule has 0 radical (unpaired) electrons. The number of alkyl halides is 3. The number of anilines is 1. The number of hydrogen-bond acceptors (Lipinski definition) is 2. The maximum absolute atomic E-state index is 12.3. The molecule has 0 spiro atoms. The van der Waals surface area contributed by atoms with Crippen LogP contribution < -0.4 is 5.73 Å². The predicted molar refractivity (Wildman–Crippen MR) is 46.3 cm³/mol. The molecule has 2 N–H and O–H groups in total. The van der Waals surface area contributed by atoms with Crippen LogP contribution in [0.15, 0.2) is 12.1 Å². The molecule has 14 heavy (non-hydrogen) atoms. The van der Waals surface area contributed by atoms with Gasteiger partial charge in [0.25, 0.3) is 0 Å². The van der Waals surface area contributed by atoms with Gasteiger partial charge >= 0.3 is 6.18 Å². The molecule has 1 aromatic carbocycles. The van der Waals surface area contributed by atoms with Crippen LogP contribution in [0.2, 0.25) is 5.02 Å². The molecule has 0 saturated heterocycles. The van der Waals surface area contributed by atoms with Crippen molar-refractivity contribution in [3.63, 3.8) is 0 Å². The van der Waals surface area contributed by atoms with Crippen LogP contribution in [0.5, 0.6) is 0 Å². The van der Waals surface area contributed by atoms with Crippen molar-refractivity contribution >= 4 is 23.6 Å². The van der Waals surface area contributed by atoms with Gasteiger partial charge < -0.3 is 5.73 Å². The van der Waals surface area contributed by atoms with Crippen LogP contribution in [0.25, 0.3) is 0 Å². The van der Waals surface area contributed by atoms with Crippen molar-refractivity contribution in [2.75, 3.05) is 5.73 Å². The van der Waals surface area contributed by atoms with Gasteiger partial charge in [-0.05, 0) is 12.1 Å². The predicted octanol–water partition coefficient (Wildman–Crippen LogP) is 2.75. The Morgan fingerprint density at radius 2 is 1.93 bits per heavy atom. The molecule has 0 fully saturated rings. The van der Waals surface area contributed by atoms with E-state index in [0.717, 1.165) is 12.1 Å². The van der Waals surface area contributed by atoms with Gasteiger partial charge in [-0.15, -0.1) is 0 Å². The average molecular weight is 224 g/mol. The van der Waals surface area contributed by atoms with Crippen LogP contribution in [0.3, 0.4) is 0 Å². The van der Waals surface area contributed by atoms with Crippen LogP contribution in [-0.2, 0) is 6.18 Å². The van der Waals surface area contributed by atoms with Gasteiger partial charge in [-0.3, -0.25) is 4.79 Å². The van der Waals surface area contributed by atoms with Crippen molar-refractivity contribution in [3.8, 4) is 0 Å². The van der Waals surface area contributed by atoms with Crippen LogP contribution in [0.1, 0.15) is 15.9 Å². The molecule has 0 aromatic heterocycles. The minimum absolute atomic E-state index is 0.0457. The number of nitrogen functional groups attached to an aromatic ring is 1. The molecular formula is C8H5ClF3NO. The summed E-state index contributed by atoms with van der Waals surface area (Å²) in [5.41, 5.74) is 3.18. The number of rotatable bonds is 1. The van der Waals surface area contributed by atoms with E-state index in [1.807, 2.05) is 0 Å². The first kappa shape index (κ1) is 10.8. The molecule has 0 aliphatic heterocycles. The third kappa shape index (κ3) is 1.82. The maximum Gasteiger partial charge on any atom is 0.417 e. The van der Waals surface area contributed by atoms with Gasteiger partial charge in [-0.2, -0.15) is 13.2 Å². The van der Waals surface area contributed by atoms with Crippen molar-refractivity contribution in [1.82, 2.24) is 0 Å². The fourth-order valence-corrected chi connectivity index (χ4v) is 1.15. The number of aldehydes is 1. The van der Waals surface area contributed by atoms with E-state index < -0.39 is 17.3 Å². The second-order valence-electron chi connectivity index (χ2n) is 2.54.